The Morgan fingerprint density at radius 1 is 1.43 bits per heavy atom. The molecule has 0 fully saturated rings. The zero-order valence-electron chi connectivity index (χ0n) is 14.1. The van der Waals surface area contributed by atoms with Crippen LogP contribution in [0.15, 0.2) is 46.8 Å². The minimum absolute atomic E-state index is 0.401. The highest BCUT2D eigenvalue weighted by Crippen LogP contribution is 2.26. The fraction of sp³-hybridized carbons (Fsp3) is 0.0667. The number of nitriles is 1. The number of rotatable bonds is 5. The van der Waals surface area contributed by atoms with Gasteiger partial charge in [-0.3, -0.25) is 10.1 Å². The number of aromatic nitrogens is 3. The summed E-state index contributed by atoms with van der Waals surface area (Å²) in [5.41, 5.74) is 0.885. The van der Waals surface area contributed by atoms with E-state index in [1.54, 1.807) is 18.3 Å². The molecule has 0 aromatic carbocycles. The summed E-state index contributed by atoms with van der Waals surface area (Å²) in [4.78, 5) is 13.1. The zero-order chi connectivity index (χ0) is 20.5. The highest BCUT2D eigenvalue weighted by molar-refractivity contribution is 7.89. The molecule has 0 N–H and O–H groups in total. The highest BCUT2D eigenvalue weighted by Gasteiger charge is 2.26. The summed E-state index contributed by atoms with van der Waals surface area (Å²) >= 11 is 5.81. The molecule has 0 spiro atoms. The highest BCUT2D eigenvalue weighted by atomic mass is 35.5. The second-order valence-corrected chi connectivity index (χ2v) is 7.66. The molecule has 11 nitrogen and oxygen atoms in total. The van der Waals surface area contributed by atoms with Crippen LogP contribution in [0.4, 0.5) is 5.69 Å². The van der Waals surface area contributed by atoms with Crippen molar-refractivity contribution in [1.29, 1.82) is 5.26 Å². The van der Waals surface area contributed by atoms with Crippen molar-refractivity contribution in [3.05, 3.63) is 63.2 Å². The molecule has 0 aliphatic carbocycles. The standard InChI is InChI=1S/C15H10ClN7O4S/c1-21(28(26,27)14-5-12(23(24)25)9-18-15(14)16)19-7-11-8-20-22-3-2-10(6-17)4-13(11)22/h2-5,7-9H,1H3. The maximum Gasteiger partial charge on any atom is 0.289 e. The molecule has 3 aromatic rings. The van der Waals surface area contributed by atoms with E-state index >= 15 is 0 Å². The van der Waals surface area contributed by atoms with Crippen molar-refractivity contribution in [3.8, 4) is 6.07 Å². The Morgan fingerprint density at radius 3 is 2.86 bits per heavy atom. The van der Waals surface area contributed by atoms with Crippen LogP contribution in [0, 0.1) is 21.4 Å². The van der Waals surface area contributed by atoms with Crippen LogP contribution < -0.4 is 0 Å². The molecular weight excluding hydrogens is 410 g/mol. The van der Waals surface area contributed by atoms with Gasteiger partial charge < -0.3 is 0 Å². The average Bonchev–Trinajstić information content (AvgIpc) is 3.08. The van der Waals surface area contributed by atoms with Crippen molar-refractivity contribution in [2.24, 2.45) is 5.10 Å². The summed E-state index contributed by atoms with van der Waals surface area (Å²) in [6, 6.07) is 5.96. The molecule has 0 aliphatic rings. The molecule has 0 unspecified atom stereocenters. The van der Waals surface area contributed by atoms with Gasteiger partial charge in [-0.05, 0) is 12.1 Å². The minimum Gasteiger partial charge on any atom is -0.258 e. The van der Waals surface area contributed by atoms with Gasteiger partial charge in [0.2, 0.25) is 0 Å². The van der Waals surface area contributed by atoms with Gasteiger partial charge in [-0.1, -0.05) is 11.6 Å². The molecule has 0 saturated carbocycles. The van der Waals surface area contributed by atoms with Crippen molar-refractivity contribution in [2.75, 3.05) is 7.05 Å². The van der Waals surface area contributed by atoms with Gasteiger partial charge in [-0.15, -0.1) is 0 Å². The molecule has 0 radical (unpaired) electrons. The van der Waals surface area contributed by atoms with E-state index in [4.69, 9.17) is 16.9 Å². The molecule has 28 heavy (non-hydrogen) atoms. The van der Waals surface area contributed by atoms with Crippen LogP contribution in [0.5, 0.6) is 0 Å². The molecule has 0 bridgehead atoms. The number of halogens is 1. The van der Waals surface area contributed by atoms with Crippen LogP contribution in [-0.4, -0.2) is 45.6 Å². The van der Waals surface area contributed by atoms with Gasteiger partial charge in [-0.25, -0.2) is 9.50 Å². The van der Waals surface area contributed by atoms with Crippen LogP contribution in [0.3, 0.4) is 0 Å². The van der Waals surface area contributed by atoms with Gasteiger partial charge in [0.1, 0.15) is 16.2 Å². The van der Waals surface area contributed by atoms with Crippen molar-refractivity contribution >= 4 is 39.0 Å². The summed E-state index contributed by atoms with van der Waals surface area (Å²) in [6.07, 6.45) is 5.12. The maximum atomic E-state index is 12.7. The van der Waals surface area contributed by atoms with E-state index in [9.17, 15) is 18.5 Å². The Balaban J connectivity index is 1.96. The largest absolute Gasteiger partial charge is 0.289 e. The van der Waals surface area contributed by atoms with E-state index in [-0.39, 0.29) is 0 Å². The summed E-state index contributed by atoms with van der Waals surface area (Å²) in [5.74, 6) is 0. The van der Waals surface area contributed by atoms with Gasteiger partial charge in [0.25, 0.3) is 15.7 Å². The van der Waals surface area contributed by atoms with Gasteiger partial charge in [0.05, 0.1) is 34.5 Å². The summed E-state index contributed by atoms with van der Waals surface area (Å²) < 4.78 is 27.4. The number of hydrogen-bond donors (Lipinski definition) is 0. The van der Waals surface area contributed by atoms with Crippen molar-refractivity contribution in [3.63, 3.8) is 0 Å². The molecule has 13 heteroatoms. The van der Waals surface area contributed by atoms with E-state index < -0.39 is 30.7 Å². The van der Waals surface area contributed by atoms with Gasteiger partial charge in [0.15, 0.2) is 0 Å². The molecule has 0 aliphatic heterocycles. The first-order valence-corrected chi connectivity index (χ1v) is 9.26. The Hall–Kier alpha value is -3.56. The fourth-order valence-corrected chi connectivity index (χ4v) is 3.60. The smallest absolute Gasteiger partial charge is 0.258 e. The lowest BCUT2D eigenvalue weighted by atomic mass is 10.2. The molecule has 3 heterocycles. The lowest BCUT2D eigenvalue weighted by Crippen LogP contribution is -2.22. The molecule has 142 valence electrons. The third-order valence-corrected chi connectivity index (χ3v) is 5.74. The van der Waals surface area contributed by atoms with Crippen LogP contribution in [0.2, 0.25) is 5.15 Å². The quantitative estimate of drug-likeness (QED) is 0.265. The van der Waals surface area contributed by atoms with E-state index in [2.05, 4.69) is 15.2 Å². The molecule has 3 rings (SSSR count). The van der Waals surface area contributed by atoms with E-state index in [1.165, 1.54) is 16.9 Å². The molecule has 0 amide bonds. The van der Waals surface area contributed by atoms with Crippen LogP contribution in [0.25, 0.3) is 5.52 Å². The SMILES string of the molecule is CN(N=Cc1cnn2ccc(C#N)cc12)S(=O)(=O)c1cc([N+](=O)[O-])cnc1Cl. The van der Waals surface area contributed by atoms with E-state index in [0.717, 1.165) is 19.3 Å². The number of nitro groups is 1. The summed E-state index contributed by atoms with van der Waals surface area (Å²) in [5, 5.41) is 27.4. The molecule has 3 aromatic heterocycles. The second-order valence-electron chi connectivity index (χ2n) is 5.38. The number of sulfonamides is 1. The second kappa shape index (κ2) is 7.22. The Labute approximate surface area is 163 Å². The van der Waals surface area contributed by atoms with Gasteiger partial charge >= 0.3 is 0 Å². The topological polar surface area (TPSA) is 147 Å². The first-order chi connectivity index (χ1) is 13.2. The lowest BCUT2D eigenvalue weighted by Gasteiger charge is -2.13. The average molecular weight is 420 g/mol. The van der Waals surface area contributed by atoms with Gasteiger partial charge in [0, 0.05) is 24.9 Å². The van der Waals surface area contributed by atoms with Crippen LogP contribution >= 0.6 is 11.6 Å². The Morgan fingerprint density at radius 2 is 2.18 bits per heavy atom. The Kier molecular flexibility index (Phi) is 4.95. The van der Waals surface area contributed by atoms with Gasteiger partial charge in [-0.2, -0.15) is 28.3 Å². The number of pyridine rings is 2. The molecule has 0 atom stereocenters. The normalized spacial score (nSPS) is 11.6. The van der Waals surface area contributed by atoms with E-state index in [0.29, 0.717) is 21.1 Å². The monoisotopic (exact) mass is 419 g/mol. The maximum absolute atomic E-state index is 12.7. The van der Waals surface area contributed by atoms with E-state index in [1.807, 2.05) is 6.07 Å². The van der Waals surface area contributed by atoms with Crippen LogP contribution in [0.1, 0.15) is 11.1 Å². The van der Waals surface area contributed by atoms with Crippen molar-refractivity contribution in [1.82, 2.24) is 19.0 Å². The number of hydrazone groups is 1. The number of fused-ring (bicyclic) bond motifs is 1. The zero-order valence-corrected chi connectivity index (χ0v) is 15.7. The predicted octanol–water partition coefficient (Wildman–Crippen LogP) is 1.82. The lowest BCUT2D eigenvalue weighted by molar-refractivity contribution is -0.385. The van der Waals surface area contributed by atoms with Crippen molar-refractivity contribution < 1.29 is 13.3 Å². The fourth-order valence-electron chi connectivity index (χ4n) is 2.21. The first kappa shape index (κ1) is 19.2. The minimum atomic E-state index is -4.29. The molecule has 0 saturated heterocycles. The molecular formula is C15H10ClN7O4S. The first-order valence-electron chi connectivity index (χ1n) is 7.44. The van der Waals surface area contributed by atoms with Crippen LogP contribution in [-0.2, 0) is 10.0 Å². The third-order valence-electron chi connectivity index (χ3n) is 3.67. The summed E-state index contributed by atoms with van der Waals surface area (Å²) in [6.45, 7) is 0. The summed E-state index contributed by atoms with van der Waals surface area (Å²) in [7, 11) is -3.14. The van der Waals surface area contributed by atoms with Crippen molar-refractivity contribution in [2.45, 2.75) is 4.90 Å². The predicted molar refractivity (Wildman–Crippen MR) is 98.4 cm³/mol. The third kappa shape index (κ3) is 3.48. The number of hydrogen-bond acceptors (Lipinski definition) is 8. The Bertz CT molecular complexity index is 1260. The number of nitrogens with zero attached hydrogens (tertiary/aromatic N) is 7.